The number of aryl methyl sites for hydroxylation is 2. The van der Waals surface area contributed by atoms with Crippen LogP contribution in [0, 0.1) is 18.8 Å². The number of aromatic nitrogens is 3. The molecule has 1 N–H and O–H groups in total. The number of halogens is 1. The fourth-order valence-corrected chi connectivity index (χ4v) is 5.43. The standard InChI is InChI=1S/C26H18ClN3O4S/c1-14-29-22-7-6-17(31)12-20(22)25(32)30(14)10-2-3-15-4-5-16(27)11-19(15)18-8-9-28-23-21(26(33)34)13-35-24(18)23/h4-5,8-9,11,13H,6-7,10,12H2,1H3,(H,33,34). The third-order valence-corrected chi connectivity index (χ3v) is 7.21. The number of thiophene rings is 1. The molecule has 0 atom stereocenters. The van der Waals surface area contributed by atoms with Crippen LogP contribution < -0.4 is 5.56 Å². The fraction of sp³-hybridized carbons (Fsp3) is 0.192. The van der Waals surface area contributed by atoms with Crippen molar-refractivity contribution in [1.29, 1.82) is 0 Å². The minimum Gasteiger partial charge on any atom is -0.478 e. The number of fused-ring (bicyclic) bond motifs is 2. The number of benzene rings is 1. The average Bonchev–Trinajstić information content (AvgIpc) is 3.27. The Kier molecular flexibility index (Phi) is 5.97. The predicted octanol–water partition coefficient (Wildman–Crippen LogP) is 4.29. The summed E-state index contributed by atoms with van der Waals surface area (Å²) in [6.45, 7) is 1.88. The molecule has 0 spiro atoms. The predicted molar refractivity (Wildman–Crippen MR) is 134 cm³/mol. The van der Waals surface area contributed by atoms with Crippen molar-refractivity contribution in [1.82, 2.24) is 14.5 Å². The SMILES string of the molecule is Cc1nc2c(c(=O)n1CC#Cc1ccc(Cl)cc1-c1ccnc3c(C(=O)O)csc13)CC(=O)CC2. The quantitative estimate of drug-likeness (QED) is 0.418. The first kappa shape index (κ1) is 23.0. The number of carbonyl (C=O) groups is 2. The lowest BCUT2D eigenvalue weighted by molar-refractivity contribution is -0.118. The number of carboxylic acid groups (broad SMARTS) is 1. The number of pyridine rings is 1. The maximum absolute atomic E-state index is 13.0. The van der Waals surface area contributed by atoms with Gasteiger partial charge in [-0.2, -0.15) is 0 Å². The van der Waals surface area contributed by atoms with Crippen molar-refractivity contribution in [3.05, 3.63) is 79.4 Å². The summed E-state index contributed by atoms with van der Waals surface area (Å²) in [6.07, 6.45) is 2.60. The van der Waals surface area contributed by atoms with Crippen LogP contribution in [0.15, 0.2) is 40.6 Å². The van der Waals surface area contributed by atoms with Crippen LogP contribution in [0.3, 0.4) is 0 Å². The summed E-state index contributed by atoms with van der Waals surface area (Å²) in [4.78, 5) is 45.2. The highest BCUT2D eigenvalue weighted by Gasteiger charge is 2.22. The van der Waals surface area contributed by atoms with Crippen molar-refractivity contribution in [2.45, 2.75) is 32.7 Å². The molecule has 0 amide bonds. The summed E-state index contributed by atoms with van der Waals surface area (Å²) in [7, 11) is 0. The van der Waals surface area contributed by atoms with Crippen molar-refractivity contribution >= 4 is 44.9 Å². The third kappa shape index (κ3) is 4.25. The van der Waals surface area contributed by atoms with E-state index in [-0.39, 0.29) is 29.9 Å². The molecule has 0 unspecified atom stereocenters. The highest BCUT2D eigenvalue weighted by molar-refractivity contribution is 7.18. The molecule has 1 aliphatic carbocycles. The van der Waals surface area contributed by atoms with E-state index in [0.717, 1.165) is 15.8 Å². The Morgan fingerprint density at radius 1 is 1.23 bits per heavy atom. The van der Waals surface area contributed by atoms with Crippen molar-refractivity contribution in [3.63, 3.8) is 0 Å². The van der Waals surface area contributed by atoms with Gasteiger partial charge in [0.15, 0.2) is 0 Å². The first-order valence-corrected chi connectivity index (χ1v) is 12.1. The van der Waals surface area contributed by atoms with Crippen molar-refractivity contribution in [3.8, 4) is 23.0 Å². The minimum absolute atomic E-state index is 0.0481. The summed E-state index contributed by atoms with van der Waals surface area (Å²) in [5, 5.41) is 11.5. The molecule has 174 valence electrons. The van der Waals surface area contributed by atoms with Gasteiger partial charge in [-0.3, -0.25) is 19.1 Å². The summed E-state index contributed by atoms with van der Waals surface area (Å²) in [6, 6.07) is 7.11. The number of hydrogen-bond donors (Lipinski definition) is 1. The second kappa shape index (κ2) is 9.10. The van der Waals surface area contributed by atoms with Crippen LogP contribution in [0.5, 0.6) is 0 Å². The number of aromatic carboxylic acids is 1. The molecule has 0 saturated heterocycles. The largest absolute Gasteiger partial charge is 0.478 e. The lowest BCUT2D eigenvalue weighted by Crippen LogP contribution is -2.32. The van der Waals surface area contributed by atoms with Crippen molar-refractivity contribution in [2.24, 2.45) is 0 Å². The van der Waals surface area contributed by atoms with Crippen LogP contribution in [-0.4, -0.2) is 31.4 Å². The second-order valence-corrected chi connectivity index (χ2v) is 9.49. The summed E-state index contributed by atoms with van der Waals surface area (Å²) >= 11 is 7.59. The molecule has 0 radical (unpaired) electrons. The first-order chi connectivity index (χ1) is 16.8. The van der Waals surface area contributed by atoms with Crippen molar-refractivity contribution in [2.75, 3.05) is 0 Å². The number of hydrogen-bond acceptors (Lipinski definition) is 6. The summed E-state index contributed by atoms with van der Waals surface area (Å²) < 4.78 is 2.22. The third-order valence-electron chi connectivity index (χ3n) is 5.97. The van der Waals surface area contributed by atoms with E-state index < -0.39 is 5.97 Å². The highest BCUT2D eigenvalue weighted by Crippen LogP contribution is 2.36. The highest BCUT2D eigenvalue weighted by atomic mass is 35.5. The Morgan fingerprint density at radius 2 is 2.06 bits per heavy atom. The molecule has 9 heteroatoms. The molecule has 3 aromatic heterocycles. The van der Waals surface area contributed by atoms with Gasteiger partial charge in [0.1, 0.15) is 11.6 Å². The molecule has 5 rings (SSSR count). The molecule has 3 heterocycles. The summed E-state index contributed by atoms with van der Waals surface area (Å²) in [5.74, 6) is 5.76. The van der Waals surface area contributed by atoms with E-state index in [9.17, 15) is 19.5 Å². The van der Waals surface area contributed by atoms with E-state index in [2.05, 4.69) is 21.8 Å². The molecule has 0 aliphatic heterocycles. The zero-order valence-electron chi connectivity index (χ0n) is 18.6. The minimum atomic E-state index is -1.03. The van der Waals surface area contributed by atoms with Gasteiger partial charge < -0.3 is 5.11 Å². The Labute approximate surface area is 209 Å². The van der Waals surface area contributed by atoms with Crippen LogP contribution in [0.25, 0.3) is 21.3 Å². The fourth-order valence-electron chi connectivity index (χ4n) is 4.23. The van der Waals surface area contributed by atoms with E-state index in [1.54, 1.807) is 42.8 Å². The van der Waals surface area contributed by atoms with Crippen LogP contribution in [0.1, 0.15) is 39.4 Å². The summed E-state index contributed by atoms with van der Waals surface area (Å²) in [5.41, 5.74) is 3.71. The van der Waals surface area contributed by atoms with Gasteiger partial charge in [0.25, 0.3) is 5.56 Å². The number of carbonyl (C=O) groups excluding carboxylic acids is 1. The van der Waals surface area contributed by atoms with E-state index in [4.69, 9.17) is 11.6 Å². The monoisotopic (exact) mass is 503 g/mol. The van der Waals surface area contributed by atoms with Crippen LogP contribution >= 0.6 is 22.9 Å². The number of rotatable bonds is 3. The van der Waals surface area contributed by atoms with Crippen LogP contribution in [0.4, 0.5) is 0 Å². The van der Waals surface area contributed by atoms with Gasteiger partial charge in [-0.05, 0) is 37.6 Å². The zero-order valence-corrected chi connectivity index (χ0v) is 20.2. The van der Waals surface area contributed by atoms with Gasteiger partial charge in [-0.1, -0.05) is 23.4 Å². The van der Waals surface area contributed by atoms with E-state index in [1.165, 1.54) is 15.9 Å². The van der Waals surface area contributed by atoms with E-state index in [1.807, 2.05) is 0 Å². The number of Topliss-reactive ketones (excluding diaryl/α,β-unsaturated/α-hetero) is 1. The van der Waals surface area contributed by atoms with E-state index >= 15 is 0 Å². The molecular formula is C26H18ClN3O4S. The normalized spacial score (nSPS) is 12.8. The zero-order chi connectivity index (χ0) is 24.7. The molecule has 7 nitrogen and oxygen atoms in total. The Morgan fingerprint density at radius 3 is 2.86 bits per heavy atom. The Hall–Kier alpha value is -3.80. The molecule has 1 aromatic carbocycles. The number of ketones is 1. The number of nitrogens with zero attached hydrogens (tertiary/aromatic N) is 3. The molecule has 0 fully saturated rings. The maximum atomic E-state index is 13.0. The van der Waals surface area contributed by atoms with Crippen LogP contribution in [0.2, 0.25) is 5.02 Å². The van der Waals surface area contributed by atoms with Gasteiger partial charge in [-0.25, -0.2) is 9.78 Å². The van der Waals surface area contributed by atoms with Gasteiger partial charge in [0, 0.05) is 51.7 Å². The Bertz CT molecular complexity index is 1660. The molecule has 0 bridgehead atoms. The van der Waals surface area contributed by atoms with Crippen molar-refractivity contribution < 1.29 is 14.7 Å². The van der Waals surface area contributed by atoms with Gasteiger partial charge in [-0.15, -0.1) is 11.3 Å². The molecule has 0 saturated carbocycles. The molecular weight excluding hydrogens is 486 g/mol. The second-order valence-electron chi connectivity index (χ2n) is 8.17. The van der Waals surface area contributed by atoms with E-state index in [0.29, 0.717) is 46.0 Å². The average molecular weight is 504 g/mol. The topological polar surface area (TPSA) is 102 Å². The molecule has 35 heavy (non-hydrogen) atoms. The molecule has 1 aliphatic rings. The van der Waals surface area contributed by atoms with Gasteiger partial charge in [0.2, 0.25) is 0 Å². The van der Waals surface area contributed by atoms with Crippen LogP contribution in [-0.2, 0) is 24.2 Å². The Balaban J connectivity index is 1.55. The lowest BCUT2D eigenvalue weighted by Gasteiger charge is -2.16. The van der Waals surface area contributed by atoms with Gasteiger partial charge >= 0.3 is 5.97 Å². The molecule has 4 aromatic rings. The van der Waals surface area contributed by atoms with Gasteiger partial charge in [0.05, 0.1) is 28.0 Å². The maximum Gasteiger partial charge on any atom is 0.338 e. The first-order valence-electron chi connectivity index (χ1n) is 10.8. The number of carboxylic acids is 1. The lowest BCUT2D eigenvalue weighted by atomic mass is 9.96. The smallest absolute Gasteiger partial charge is 0.338 e.